The Kier molecular flexibility index (Phi) is 6.12. The Labute approximate surface area is 100 Å². The number of aliphatic hydroxyl groups is 1. The SMILES string of the molecule is CC(C)(CCO)NCc1cnc(N)s1.Cl. The fourth-order valence-electron chi connectivity index (χ4n) is 1.10. The molecular formula is C9H18ClN3OS. The van der Waals surface area contributed by atoms with E-state index in [4.69, 9.17) is 10.8 Å². The number of thiazole rings is 1. The van der Waals surface area contributed by atoms with Crippen LogP contribution in [0.2, 0.25) is 0 Å². The highest BCUT2D eigenvalue weighted by Crippen LogP contribution is 2.16. The zero-order chi connectivity index (χ0) is 10.6. The largest absolute Gasteiger partial charge is 0.396 e. The first-order chi connectivity index (χ1) is 6.53. The molecule has 15 heavy (non-hydrogen) atoms. The van der Waals surface area contributed by atoms with Crippen LogP contribution in [-0.4, -0.2) is 22.2 Å². The van der Waals surface area contributed by atoms with Gasteiger partial charge in [-0.1, -0.05) is 0 Å². The molecule has 0 radical (unpaired) electrons. The fraction of sp³-hybridized carbons (Fsp3) is 0.667. The number of halogens is 1. The number of hydrogen-bond acceptors (Lipinski definition) is 5. The van der Waals surface area contributed by atoms with Crippen LogP contribution in [0.3, 0.4) is 0 Å². The number of nitrogen functional groups attached to an aromatic ring is 1. The molecule has 1 heterocycles. The van der Waals surface area contributed by atoms with Crippen molar-refractivity contribution in [2.75, 3.05) is 12.3 Å². The summed E-state index contributed by atoms with van der Waals surface area (Å²) >= 11 is 1.49. The molecule has 4 N–H and O–H groups in total. The molecule has 88 valence electrons. The summed E-state index contributed by atoms with van der Waals surface area (Å²) < 4.78 is 0. The van der Waals surface area contributed by atoms with Gasteiger partial charge >= 0.3 is 0 Å². The van der Waals surface area contributed by atoms with E-state index in [0.717, 1.165) is 17.8 Å². The smallest absolute Gasteiger partial charge is 0.180 e. The summed E-state index contributed by atoms with van der Waals surface area (Å²) in [5.41, 5.74) is 5.47. The van der Waals surface area contributed by atoms with E-state index in [-0.39, 0.29) is 24.6 Å². The van der Waals surface area contributed by atoms with E-state index in [1.54, 1.807) is 6.20 Å². The summed E-state index contributed by atoms with van der Waals surface area (Å²) in [6.45, 7) is 5.08. The molecule has 0 aromatic carbocycles. The molecule has 6 heteroatoms. The number of rotatable bonds is 5. The van der Waals surface area contributed by atoms with Gasteiger partial charge in [0.15, 0.2) is 5.13 Å². The van der Waals surface area contributed by atoms with Crippen LogP contribution in [0.25, 0.3) is 0 Å². The Bertz CT molecular complexity index is 291. The van der Waals surface area contributed by atoms with E-state index in [2.05, 4.69) is 24.1 Å². The van der Waals surface area contributed by atoms with Crippen LogP contribution >= 0.6 is 23.7 Å². The lowest BCUT2D eigenvalue weighted by Gasteiger charge is -2.24. The summed E-state index contributed by atoms with van der Waals surface area (Å²) in [6.07, 6.45) is 2.52. The first-order valence-corrected chi connectivity index (χ1v) is 5.41. The number of nitrogens with two attached hydrogens (primary N) is 1. The number of aromatic nitrogens is 1. The molecule has 4 nitrogen and oxygen atoms in total. The Morgan fingerprint density at radius 2 is 2.27 bits per heavy atom. The highest BCUT2D eigenvalue weighted by atomic mass is 35.5. The van der Waals surface area contributed by atoms with Crippen molar-refractivity contribution in [1.82, 2.24) is 10.3 Å². The summed E-state index contributed by atoms with van der Waals surface area (Å²) in [7, 11) is 0. The van der Waals surface area contributed by atoms with E-state index < -0.39 is 0 Å². The second kappa shape index (κ2) is 6.27. The predicted octanol–water partition coefficient (Wildman–Crippen LogP) is 1.40. The predicted molar refractivity (Wildman–Crippen MR) is 66.4 cm³/mol. The van der Waals surface area contributed by atoms with Crippen molar-refractivity contribution in [2.24, 2.45) is 0 Å². The summed E-state index contributed by atoms with van der Waals surface area (Å²) in [4.78, 5) is 5.09. The first kappa shape index (κ1) is 14.6. The van der Waals surface area contributed by atoms with Crippen LogP contribution in [0, 0.1) is 0 Å². The summed E-state index contributed by atoms with van der Waals surface area (Å²) in [6, 6.07) is 0. The van der Waals surface area contributed by atoms with Crippen molar-refractivity contribution < 1.29 is 5.11 Å². The van der Waals surface area contributed by atoms with Gasteiger partial charge in [0.2, 0.25) is 0 Å². The molecule has 1 rings (SSSR count). The summed E-state index contributed by atoms with van der Waals surface area (Å²) in [5, 5.41) is 12.8. The van der Waals surface area contributed by atoms with Gasteiger partial charge in [-0.05, 0) is 20.3 Å². The van der Waals surface area contributed by atoms with E-state index >= 15 is 0 Å². The second-order valence-corrected chi connectivity index (χ2v) is 5.02. The van der Waals surface area contributed by atoms with Crippen molar-refractivity contribution in [2.45, 2.75) is 32.4 Å². The third-order valence-corrected chi connectivity index (χ3v) is 2.88. The maximum Gasteiger partial charge on any atom is 0.180 e. The Morgan fingerprint density at radius 3 is 2.73 bits per heavy atom. The molecule has 0 aliphatic rings. The van der Waals surface area contributed by atoms with E-state index in [0.29, 0.717) is 5.13 Å². The lowest BCUT2D eigenvalue weighted by Crippen LogP contribution is -2.39. The van der Waals surface area contributed by atoms with Gasteiger partial charge in [-0.2, -0.15) is 0 Å². The van der Waals surface area contributed by atoms with Gasteiger partial charge in [0.05, 0.1) is 0 Å². The molecular weight excluding hydrogens is 234 g/mol. The minimum atomic E-state index is -0.0481. The van der Waals surface area contributed by atoms with Crippen molar-refractivity contribution in [3.63, 3.8) is 0 Å². The topological polar surface area (TPSA) is 71.2 Å². The monoisotopic (exact) mass is 251 g/mol. The van der Waals surface area contributed by atoms with E-state index in [1.807, 2.05) is 0 Å². The molecule has 0 unspecified atom stereocenters. The van der Waals surface area contributed by atoms with Crippen LogP contribution in [-0.2, 0) is 6.54 Å². The average Bonchev–Trinajstić information content (AvgIpc) is 2.48. The molecule has 1 aromatic heterocycles. The zero-order valence-electron chi connectivity index (χ0n) is 8.99. The normalized spacial score (nSPS) is 11.1. The lowest BCUT2D eigenvalue weighted by molar-refractivity contribution is 0.230. The average molecular weight is 252 g/mol. The summed E-state index contributed by atoms with van der Waals surface area (Å²) in [5.74, 6) is 0. The fourth-order valence-corrected chi connectivity index (χ4v) is 1.72. The highest BCUT2D eigenvalue weighted by molar-refractivity contribution is 7.15. The van der Waals surface area contributed by atoms with Crippen molar-refractivity contribution in [3.8, 4) is 0 Å². The van der Waals surface area contributed by atoms with Gasteiger partial charge in [0.1, 0.15) is 0 Å². The van der Waals surface area contributed by atoms with Crippen molar-refractivity contribution in [1.29, 1.82) is 0 Å². The van der Waals surface area contributed by atoms with Crippen LogP contribution in [0.15, 0.2) is 6.20 Å². The van der Waals surface area contributed by atoms with Crippen LogP contribution in [0.4, 0.5) is 5.13 Å². The second-order valence-electron chi connectivity index (χ2n) is 3.88. The number of anilines is 1. The Balaban J connectivity index is 0.00000196. The quantitative estimate of drug-likeness (QED) is 0.740. The van der Waals surface area contributed by atoms with Gasteiger partial charge in [0, 0.05) is 29.8 Å². The zero-order valence-corrected chi connectivity index (χ0v) is 10.6. The van der Waals surface area contributed by atoms with Crippen molar-refractivity contribution >= 4 is 28.9 Å². The first-order valence-electron chi connectivity index (χ1n) is 4.59. The van der Waals surface area contributed by atoms with Gasteiger partial charge in [-0.3, -0.25) is 0 Å². The van der Waals surface area contributed by atoms with Gasteiger partial charge < -0.3 is 16.2 Å². The van der Waals surface area contributed by atoms with E-state index in [9.17, 15) is 0 Å². The molecule has 0 aliphatic heterocycles. The molecule has 0 aliphatic carbocycles. The minimum absolute atomic E-state index is 0. The molecule has 1 aromatic rings. The van der Waals surface area contributed by atoms with Gasteiger partial charge in [0.25, 0.3) is 0 Å². The third kappa shape index (κ3) is 5.32. The Hall–Kier alpha value is -0.360. The molecule has 0 atom stereocenters. The molecule has 0 fully saturated rings. The maximum atomic E-state index is 8.83. The number of hydrogen-bond donors (Lipinski definition) is 3. The molecule has 0 saturated carbocycles. The molecule has 0 saturated heterocycles. The van der Waals surface area contributed by atoms with Crippen LogP contribution in [0.5, 0.6) is 0 Å². The van der Waals surface area contributed by atoms with Crippen LogP contribution < -0.4 is 11.1 Å². The number of aliphatic hydroxyl groups excluding tert-OH is 1. The van der Waals surface area contributed by atoms with Gasteiger partial charge in [-0.25, -0.2) is 4.98 Å². The third-order valence-electron chi connectivity index (χ3n) is 2.05. The molecule has 0 amide bonds. The minimum Gasteiger partial charge on any atom is -0.396 e. The Morgan fingerprint density at radius 1 is 1.60 bits per heavy atom. The van der Waals surface area contributed by atoms with E-state index in [1.165, 1.54) is 11.3 Å². The number of nitrogens with one attached hydrogen (secondary N) is 1. The maximum absolute atomic E-state index is 8.83. The van der Waals surface area contributed by atoms with Crippen LogP contribution in [0.1, 0.15) is 25.1 Å². The number of nitrogens with zero attached hydrogens (tertiary/aromatic N) is 1. The standard InChI is InChI=1S/C9H17N3OS.ClH/c1-9(2,3-4-13)12-6-7-5-11-8(10)14-7;/h5,12-13H,3-4,6H2,1-2H3,(H2,10,11);1H. The molecule has 0 bridgehead atoms. The molecule has 0 spiro atoms. The highest BCUT2D eigenvalue weighted by Gasteiger charge is 2.16. The van der Waals surface area contributed by atoms with Crippen molar-refractivity contribution in [3.05, 3.63) is 11.1 Å². The lowest BCUT2D eigenvalue weighted by atomic mass is 10.0. The van der Waals surface area contributed by atoms with Gasteiger partial charge in [-0.15, -0.1) is 23.7 Å².